The average molecular weight is 420 g/mol. The van der Waals surface area contributed by atoms with Crippen molar-refractivity contribution < 1.29 is 22.3 Å². The number of thiazole rings is 1. The van der Waals surface area contributed by atoms with Gasteiger partial charge in [-0.15, -0.1) is 6.58 Å². The molecule has 1 aromatic heterocycles. The Kier molecular flexibility index (Phi) is 5.76. The number of carbonyl (C=O) groups excluding carboxylic acids is 1. The molecule has 6 nitrogen and oxygen atoms in total. The standard InChI is InChI=1S/C19H17FN2O4S2/c1-3-11-22-18-15(20)5-4-6-16(18)27-19(22)21-17(23)12-28(24,25)14-9-7-13(26-2)8-10-14/h3-10H,1,11-12H2,2H3. The van der Waals surface area contributed by atoms with Crippen molar-refractivity contribution in [3.63, 3.8) is 0 Å². The monoisotopic (exact) mass is 420 g/mol. The zero-order valence-electron chi connectivity index (χ0n) is 15.0. The van der Waals surface area contributed by atoms with Gasteiger partial charge in [0, 0.05) is 6.54 Å². The van der Waals surface area contributed by atoms with Crippen LogP contribution in [0.4, 0.5) is 4.39 Å². The molecule has 0 saturated heterocycles. The van der Waals surface area contributed by atoms with Crippen LogP contribution in [0.5, 0.6) is 5.75 Å². The minimum Gasteiger partial charge on any atom is -0.497 e. The van der Waals surface area contributed by atoms with E-state index in [1.165, 1.54) is 42.0 Å². The lowest BCUT2D eigenvalue weighted by molar-refractivity contribution is -0.115. The molecular weight excluding hydrogens is 403 g/mol. The summed E-state index contributed by atoms with van der Waals surface area (Å²) in [5, 5.41) is 0. The van der Waals surface area contributed by atoms with Crippen LogP contribution in [0.3, 0.4) is 0 Å². The highest BCUT2D eigenvalue weighted by Crippen LogP contribution is 2.21. The van der Waals surface area contributed by atoms with Crippen LogP contribution in [-0.4, -0.2) is 31.8 Å². The first-order valence-electron chi connectivity index (χ1n) is 8.19. The first-order chi connectivity index (χ1) is 13.4. The number of methoxy groups -OCH3 is 1. The van der Waals surface area contributed by atoms with Crippen LogP contribution in [0, 0.1) is 5.82 Å². The fourth-order valence-corrected chi connectivity index (χ4v) is 4.82. The first-order valence-corrected chi connectivity index (χ1v) is 10.7. The van der Waals surface area contributed by atoms with Gasteiger partial charge in [-0.3, -0.25) is 4.79 Å². The highest BCUT2D eigenvalue weighted by Gasteiger charge is 2.20. The SMILES string of the molecule is C=CCn1c(=NC(=O)CS(=O)(=O)c2ccc(OC)cc2)sc2cccc(F)c21. The largest absolute Gasteiger partial charge is 0.497 e. The number of benzene rings is 2. The predicted molar refractivity (Wildman–Crippen MR) is 106 cm³/mol. The van der Waals surface area contributed by atoms with Gasteiger partial charge in [0.05, 0.1) is 22.2 Å². The fraction of sp³-hybridized carbons (Fsp3) is 0.158. The van der Waals surface area contributed by atoms with Crippen molar-refractivity contribution in [3.05, 3.63) is 65.7 Å². The lowest BCUT2D eigenvalue weighted by atomic mass is 10.3. The molecule has 3 aromatic rings. The maximum atomic E-state index is 14.2. The van der Waals surface area contributed by atoms with Crippen LogP contribution in [0.1, 0.15) is 0 Å². The third-order valence-corrected chi connectivity index (χ3v) is 6.58. The van der Waals surface area contributed by atoms with Crippen LogP contribution >= 0.6 is 11.3 Å². The van der Waals surface area contributed by atoms with Gasteiger partial charge in [-0.25, -0.2) is 12.8 Å². The summed E-state index contributed by atoms with van der Waals surface area (Å²) in [7, 11) is -2.40. The fourth-order valence-electron chi connectivity index (χ4n) is 2.64. The molecule has 0 N–H and O–H groups in total. The highest BCUT2D eigenvalue weighted by atomic mass is 32.2. The van der Waals surface area contributed by atoms with Crippen LogP contribution in [0.15, 0.2) is 65.0 Å². The van der Waals surface area contributed by atoms with E-state index in [2.05, 4.69) is 11.6 Å². The molecule has 0 aliphatic rings. The summed E-state index contributed by atoms with van der Waals surface area (Å²) in [6.07, 6.45) is 1.55. The molecule has 1 heterocycles. The Hall–Kier alpha value is -2.78. The van der Waals surface area contributed by atoms with Gasteiger partial charge >= 0.3 is 0 Å². The number of allylic oxidation sites excluding steroid dienone is 1. The summed E-state index contributed by atoms with van der Waals surface area (Å²) >= 11 is 1.11. The third-order valence-electron chi connectivity index (χ3n) is 3.92. The number of ether oxygens (including phenoxy) is 1. The molecule has 0 aliphatic carbocycles. The molecule has 0 radical (unpaired) electrons. The third kappa shape index (κ3) is 4.05. The van der Waals surface area contributed by atoms with Crippen molar-refractivity contribution in [3.8, 4) is 5.75 Å². The second-order valence-electron chi connectivity index (χ2n) is 5.81. The molecule has 1 amide bonds. The number of sulfone groups is 1. The molecule has 0 spiro atoms. The number of halogens is 1. The van der Waals surface area contributed by atoms with Gasteiger partial charge < -0.3 is 9.30 Å². The first kappa shape index (κ1) is 20.0. The quantitative estimate of drug-likeness (QED) is 0.575. The Balaban J connectivity index is 1.97. The highest BCUT2D eigenvalue weighted by molar-refractivity contribution is 7.92. The number of hydrogen-bond acceptors (Lipinski definition) is 5. The Morgan fingerprint density at radius 3 is 2.64 bits per heavy atom. The van der Waals surface area contributed by atoms with Crippen molar-refractivity contribution in [2.45, 2.75) is 11.4 Å². The molecule has 0 atom stereocenters. The normalized spacial score (nSPS) is 12.3. The molecule has 0 unspecified atom stereocenters. The van der Waals surface area contributed by atoms with E-state index in [0.29, 0.717) is 16.0 Å². The van der Waals surface area contributed by atoms with Gasteiger partial charge in [0.2, 0.25) is 0 Å². The van der Waals surface area contributed by atoms with Gasteiger partial charge in [-0.05, 0) is 36.4 Å². The van der Waals surface area contributed by atoms with Gasteiger partial charge in [-0.1, -0.05) is 23.5 Å². The summed E-state index contributed by atoms with van der Waals surface area (Å²) in [5.41, 5.74) is 0.303. The molecule has 28 heavy (non-hydrogen) atoms. The van der Waals surface area contributed by atoms with E-state index >= 15 is 0 Å². The average Bonchev–Trinajstić information content (AvgIpc) is 3.00. The van der Waals surface area contributed by atoms with E-state index in [-0.39, 0.29) is 16.2 Å². The van der Waals surface area contributed by atoms with E-state index in [1.54, 1.807) is 18.2 Å². The van der Waals surface area contributed by atoms with E-state index < -0.39 is 27.3 Å². The number of hydrogen-bond donors (Lipinski definition) is 0. The minimum atomic E-state index is -3.87. The molecule has 0 saturated carbocycles. The number of fused-ring (bicyclic) bond motifs is 1. The van der Waals surface area contributed by atoms with Gasteiger partial charge in [0.25, 0.3) is 5.91 Å². The molecular formula is C19H17FN2O4S2. The van der Waals surface area contributed by atoms with E-state index in [0.717, 1.165) is 11.3 Å². The van der Waals surface area contributed by atoms with Crippen LogP contribution < -0.4 is 9.54 Å². The summed E-state index contributed by atoms with van der Waals surface area (Å²) in [5.74, 6) is -1.56. The maximum absolute atomic E-state index is 14.2. The van der Waals surface area contributed by atoms with E-state index in [4.69, 9.17) is 4.74 Å². The number of aromatic nitrogens is 1. The maximum Gasteiger partial charge on any atom is 0.263 e. The Bertz CT molecular complexity index is 1210. The van der Waals surface area contributed by atoms with E-state index in [1.807, 2.05) is 0 Å². The van der Waals surface area contributed by atoms with Crippen LogP contribution in [-0.2, 0) is 21.2 Å². The Morgan fingerprint density at radius 2 is 2.00 bits per heavy atom. The van der Waals surface area contributed by atoms with Crippen LogP contribution in [0.2, 0.25) is 0 Å². The minimum absolute atomic E-state index is 0.00166. The number of amides is 1. The van der Waals surface area contributed by atoms with Crippen molar-refractivity contribution in [1.82, 2.24) is 4.57 Å². The summed E-state index contributed by atoms with van der Waals surface area (Å²) < 4.78 is 46.2. The second-order valence-corrected chi connectivity index (χ2v) is 8.81. The summed E-state index contributed by atoms with van der Waals surface area (Å²) in [6, 6.07) is 10.3. The Morgan fingerprint density at radius 1 is 1.29 bits per heavy atom. The topological polar surface area (TPSA) is 77.7 Å². The van der Waals surface area contributed by atoms with Crippen molar-refractivity contribution in [2.75, 3.05) is 12.9 Å². The lowest BCUT2D eigenvalue weighted by Crippen LogP contribution is -2.21. The van der Waals surface area contributed by atoms with Gasteiger partial charge in [-0.2, -0.15) is 4.99 Å². The van der Waals surface area contributed by atoms with Crippen molar-refractivity contribution in [2.24, 2.45) is 4.99 Å². The lowest BCUT2D eigenvalue weighted by Gasteiger charge is -2.04. The molecule has 9 heteroatoms. The van der Waals surface area contributed by atoms with E-state index in [9.17, 15) is 17.6 Å². The Labute approximate surface area is 165 Å². The van der Waals surface area contributed by atoms with Gasteiger partial charge in [0.1, 0.15) is 17.3 Å². The van der Waals surface area contributed by atoms with Crippen molar-refractivity contribution in [1.29, 1.82) is 0 Å². The molecule has 146 valence electrons. The number of rotatable bonds is 6. The van der Waals surface area contributed by atoms with Gasteiger partial charge in [0.15, 0.2) is 14.6 Å². The molecule has 0 aliphatic heterocycles. The molecule has 3 rings (SSSR count). The zero-order chi connectivity index (χ0) is 20.3. The second kappa shape index (κ2) is 8.07. The smallest absolute Gasteiger partial charge is 0.263 e. The molecule has 2 aromatic carbocycles. The number of nitrogens with zero attached hydrogens (tertiary/aromatic N) is 2. The van der Waals surface area contributed by atoms with Crippen LogP contribution in [0.25, 0.3) is 10.2 Å². The number of carbonyl (C=O) groups is 1. The summed E-state index contributed by atoms with van der Waals surface area (Å²) in [4.78, 5) is 16.5. The molecule has 0 fully saturated rings. The zero-order valence-corrected chi connectivity index (χ0v) is 16.6. The number of para-hydroxylation sites is 1. The predicted octanol–water partition coefficient (Wildman–Crippen LogP) is 2.94. The van der Waals surface area contributed by atoms with Crippen molar-refractivity contribution >= 4 is 37.3 Å². The summed E-state index contributed by atoms with van der Waals surface area (Å²) in [6.45, 7) is 3.87. The molecule has 0 bridgehead atoms.